The van der Waals surface area contributed by atoms with E-state index in [0.29, 0.717) is 12.5 Å². The molecule has 4 rings (SSSR count). The first-order valence-electron chi connectivity index (χ1n) is 10.2. The Balaban J connectivity index is 1.56. The van der Waals surface area contributed by atoms with E-state index in [2.05, 4.69) is 32.3 Å². The van der Waals surface area contributed by atoms with E-state index in [0.717, 1.165) is 30.2 Å². The molecule has 1 aliphatic carbocycles. The fourth-order valence-electron chi connectivity index (χ4n) is 4.35. The predicted octanol–water partition coefficient (Wildman–Crippen LogP) is 3.24. The minimum absolute atomic E-state index is 0.134. The van der Waals surface area contributed by atoms with Crippen molar-refractivity contribution in [3.05, 3.63) is 47.8 Å². The van der Waals surface area contributed by atoms with Crippen molar-refractivity contribution >= 4 is 22.4 Å². The van der Waals surface area contributed by atoms with Gasteiger partial charge in [-0.05, 0) is 32.6 Å². The van der Waals surface area contributed by atoms with Gasteiger partial charge in [0.15, 0.2) is 5.13 Å². The SMILES string of the molecule is Cc1csc(NC[C@@H]2[C@H](C)CCCN2C(=O)C2C=CC=CC2(C)n2nccn2)n1. The molecule has 3 heterocycles. The number of thiazole rings is 1. The fourth-order valence-corrected chi connectivity index (χ4v) is 5.05. The zero-order valence-corrected chi connectivity index (χ0v) is 18.0. The van der Waals surface area contributed by atoms with E-state index in [9.17, 15) is 4.79 Å². The van der Waals surface area contributed by atoms with Gasteiger partial charge >= 0.3 is 0 Å². The summed E-state index contributed by atoms with van der Waals surface area (Å²) in [7, 11) is 0. The van der Waals surface area contributed by atoms with E-state index in [4.69, 9.17) is 0 Å². The molecule has 0 saturated carbocycles. The lowest BCUT2D eigenvalue weighted by Gasteiger charge is -2.44. The number of hydrogen-bond acceptors (Lipinski definition) is 6. The summed E-state index contributed by atoms with van der Waals surface area (Å²) in [6.45, 7) is 7.75. The lowest BCUT2D eigenvalue weighted by Crippen LogP contribution is -2.56. The fraction of sp³-hybridized carbons (Fsp3) is 0.524. The number of anilines is 1. The number of allylic oxidation sites excluding steroid dienone is 3. The van der Waals surface area contributed by atoms with Crippen molar-refractivity contribution in [1.29, 1.82) is 0 Å². The summed E-state index contributed by atoms with van der Waals surface area (Å²) in [6, 6.07) is 0.134. The van der Waals surface area contributed by atoms with E-state index in [1.165, 1.54) is 0 Å². The van der Waals surface area contributed by atoms with Crippen molar-refractivity contribution in [2.45, 2.75) is 45.2 Å². The second-order valence-corrected chi connectivity index (χ2v) is 9.02. The van der Waals surface area contributed by atoms with Crippen LogP contribution in [0, 0.1) is 18.8 Å². The maximum Gasteiger partial charge on any atom is 0.232 e. The van der Waals surface area contributed by atoms with Crippen molar-refractivity contribution in [3.63, 3.8) is 0 Å². The van der Waals surface area contributed by atoms with Crippen molar-refractivity contribution in [1.82, 2.24) is 24.9 Å². The first-order chi connectivity index (χ1) is 14.0. The van der Waals surface area contributed by atoms with Crippen LogP contribution < -0.4 is 5.32 Å². The minimum Gasteiger partial charge on any atom is -0.359 e. The standard InChI is InChI=1S/C21H28N6OS/c1-15-7-6-12-26(18(15)13-22-20-25-16(2)14-29-20)19(28)17-8-4-5-9-21(17,3)27-23-10-11-24-27/h4-5,8-11,14-15,17-18H,6-7,12-13H2,1-3H3,(H,22,25)/t15-,17?,18-,21?/m1/s1. The highest BCUT2D eigenvalue weighted by Crippen LogP contribution is 2.35. The number of amides is 1. The van der Waals surface area contributed by atoms with Gasteiger partial charge in [0, 0.05) is 18.5 Å². The molecule has 4 atom stereocenters. The van der Waals surface area contributed by atoms with Crippen molar-refractivity contribution < 1.29 is 4.79 Å². The van der Waals surface area contributed by atoms with Gasteiger partial charge in [0.05, 0.1) is 30.0 Å². The number of hydrogen-bond donors (Lipinski definition) is 1. The van der Waals surface area contributed by atoms with Crippen molar-refractivity contribution in [2.24, 2.45) is 11.8 Å². The minimum atomic E-state index is -0.611. The van der Waals surface area contributed by atoms with Crippen LogP contribution in [0.5, 0.6) is 0 Å². The van der Waals surface area contributed by atoms with Gasteiger partial charge in [-0.15, -0.1) is 11.3 Å². The second kappa shape index (κ2) is 8.10. The van der Waals surface area contributed by atoms with Gasteiger partial charge in [-0.1, -0.05) is 31.2 Å². The van der Waals surface area contributed by atoms with Gasteiger partial charge in [-0.25, -0.2) is 4.98 Å². The molecule has 29 heavy (non-hydrogen) atoms. The van der Waals surface area contributed by atoms with E-state index in [1.807, 2.05) is 43.5 Å². The summed E-state index contributed by atoms with van der Waals surface area (Å²) in [5.74, 6) is 0.229. The number of nitrogens with zero attached hydrogens (tertiary/aromatic N) is 5. The summed E-state index contributed by atoms with van der Waals surface area (Å²) in [4.78, 5) is 22.0. The monoisotopic (exact) mass is 412 g/mol. The highest BCUT2D eigenvalue weighted by Gasteiger charge is 2.44. The summed E-state index contributed by atoms with van der Waals surface area (Å²) in [5.41, 5.74) is 0.407. The first-order valence-corrected chi connectivity index (χ1v) is 11.1. The quantitative estimate of drug-likeness (QED) is 0.816. The molecule has 1 amide bonds. The Kier molecular flexibility index (Phi) is 5.54. The largest absolute Gasteiger partial charge is 0.359 e. The number of aryl methyl sites for hydroxylation is 1. The number of likely N-dealkylation sites (tertiary alicyclic amines) is 1. The average molecular weight is 413 g/mol. The number of nitrogens with one attached hydrogen (secondary N) is 1. The third-order valence-electron chi connectivity index (χ3n) is 6.07. The summed E-state index contributed by atoms with van der Waals surface area (Å²) in [6.07, 6.45) is 13.4. The topological polar surface area (TPSA) is 75.9 Å². The molecule has 2 aromatic rings. The molecule has 154 valence electrons. The molecule has 7 nitrogen and oxygen atoms in total. The van der Waals surface area contributed by atoms with E-state index in [1.54, 1.807) is 28.5 Å². The normalized spacial score (nSPS) is 29.2. The van der Waals surface area contributed by atoms with Gasteiger partial charge in [0.1, 0.15) is 5.54 Å². The van der Waals surface area contributed by atoms with Gasteiger partial charge in [-0.2, -0.15) is 15.0 Å². The van der Waals surface area contributed by atoms with Crippen LogP contribution in [0.2, 0.25) is 0 Å². The number of piperidine rings is 1. The summed E-state index contributed by atoms with van der Waals surface area (Å²) < 4.78 is 0. The molecule has 2 aromatic heterocycles. The number of aromatic nitrogens is 4. The smallest absolute Gasteiger partial charge is 0.232 e. The van der Waals surface area contributed by atoms with Crippen LogP contribution in [0.25, 0.3) is 0 Å². The maximum absolute atomic E-state index is 13.8. The van der Waals surface area contributed by atoms with Crippen LogP contribution in [0.3, 0.4) is 0 Å². The van der Waals surface area contributed by atoms with Crippen molar-refractivity contribution in [3.8, 4) is 0 Å². The molecular formula is C21H28N6OS. The van der Waals surface area contributed by atoms with Crippen LogP contribution >= 0.6 is 11.3 Å². The lowest BCUT2D eigenvalue weighted by molar-refractivity contribution is -0.141. The Hall–Kier alpha value is -2.48. The lowest BCUT2D eigenvalue weighted by atomic mass is 9.80. The summed E-state index contributed by atoms with van der Waals surface area (Å²) in [5, 5.41) is 15.1. The highest BCUT2D eigenvalue weighted by molar-refractivity contribution is 7.13. The molecule has 8 heteroatoms. The molecule has 0 radical (unpaired) electrons. The molecule has 0 aromatic carbocycles. The van der Waals surface area contributed by atoms with Gasteiger partial charge in [0.25, 0.3) is 0 Å². The molecule has 2 aliphatic rings. The van der Waals surface area contributed by atoms with Crippen LogP contribution in [-0.2, 0) is 10.3 Å². The number of carbonyl (C=O) groups is 1. The Morgan fingerprint density at radius 2 is 2.14 bits per heavy atom. The molecule has 0 bridgehead atoms. The van der Waals surface area contributed by atoms with E-state index >= 15 is 0 Å². The first kappa shape index (κ1) is 19.8. The second-order valence-electron chi connectivity index (χ2n) is 8.16. The molecule has 1 saturated heterocycles. The molecule has 1 fully saturated rings. The maximum atomic E-state index is 13.8. The van der Waals surface area contributed by atoms with Crippen LogP contribution in [-0.4, -0.2) is 49.9 Å². The van der Waals surface area contributed by atoms with Gasteiger partial charge in [-0.3, -0.25) is 4.79 Å². The molecule has 1 aliphatic heterocycles. The van der Waals surface area contributed by atoms with Crippen LogP contribution in [0.1, 0.15) is 32.4 Å². The third kappa shape index (κ3) is 3.85. The van der Waals surface area contributed by atoms with Crippen LogP contribution in [0.15, 0.2) is 42.1 Å². The number of rotatable bonds is 5. The van der Waals surface area contributed by atoms with E-state index in [-0.39, 0.29) is 17.9 Å². The zero-order valence-electron chi connectivity index (χ0n) is 17.2. The molecule has 2 unspecified atom stereocenters. The van der Waals surface area contributed by atoms with Gasteiger partial charge < -0.3 is 10.2 Å². The Morgan fingerprint density at radius 3 is 2.86 bits per heavy atom. The van der Waals surface area contributed by atoms with Crippen LogP contribution in [0.4, 0.5) is 5.13 Å². The van der Waals surface area contributed by atoms with Gasteiger partial charge in [0.2, 0.25) is 5.91 Å². The average Bonchev–Trinajstić information content (AvgIpc) is 3.39. The molecular weight excluding hydrogens is 384 g/mol. The van der Waals surface area contributed by atoms with E-state index < -0.39 is 5.54 Å². The predicted molar refractivity (Wildman–Crippen MR) is 115 cm³/mol. The Morgan fingerprint density at radius 1 is 1.34 bits per heavy atom. The van der Waals surface area contributed by atoms with Crippen molar-refractivity contribution in [2.75, 3.05) is 18.4 Å². The zero-order chi connectivity index (χ0) is 20.4. The number of carbonyl (C=O) groups excluding carboxylic acids is 1. The Bertz CT molecular complexity index is 904. The highest BCUT2D eigenvalue weighted by atomic mass is 32.1. The Labute approximate surface area is 175 Å². The summed E-state index contributed by atoms with van der Waals surface area (Å²) >= 11 is 1.61. The third-order valence-corrected chi connectivity index (χ3v) is 6.99. The molecule has 0 spiro atoms. The molecule has 1 N–H and O–H groups in total.